The Morgan fingerprint density at radius 2 is 2.00 bits per heavy atom. The molecule has 22 heavy (non-hydrogen) atoms. The Balaban J connectivity index is 0.00000242. The van der Waals surface area contributed by atoms with Gasteiger partial charge in [0, 0.05) is 32.0 Å². The average molecular weight is 413 g/mol. The lowest BCUT2D eigenvalue weighted by Gasteiger charge is -2.11. The summed E-state index contributed by atoms with van der Waals surface area (Å²) in [6.07, 6.45) is 4.71. The molecule has 0 saturated heterocycles. The zero-order valence-corrected chi connectivity index (χ0v) is 15.2. The molecular formula is C16H24IN5. The highest BCUT2D eigenvalue weighted by Gasteiger charge is 1.97. The normalized spacial score (nSPS) is 10.9. The van der Waals surface area contributed by atoms with Gasteiger partial charge in [0.1, 0.15) is 0 Å². The van der Waals surface area contributed by atoms with Crippen molar-refractivity contribution in [2.24, 2.45) is 4.99 Å². The molecule has 0 bridgehead atoms. The van der Waals surface area contributed by atoms with Gasteiger partial charge in [0.25, 0.3) is 0 Å². The third-order valence-electron chi connectivity index (χ3n) is 3.05. The molecule has 1 aromatic heterocycles. The molecule has 0 fully saturated rings. The zero-order valence-electron chi connectivity index (χ0n) is 12.9. The maximum absolute atomic E-state index is 4.59. The van der Waals surface area contributed by atoms with Crippen molar-refractivity contribution >= 4 is 29.9 Å². The van der Waals surface area contributed by atoms with Crippen LogP contribution in [0.3, 0.4) is 0 Å². The molecule has 2 aromatic rings. The molecule has 0 saturated carbocycles. The fraction of sp³-hybridized carbons (Fsp3) is 0.375. The molecule has 0 atom stereocenters. The highest BCUT2D eigenvalue weighted by atomic mass is 127. The van der Waals surface area contributed by atoms with E-state index in [1.807, 2.05) is 23.0 Å². The summed E-state index contributed by atoms with van der Waals surface area (Å²) in [6.45, 7) is 5.34. The smallest absolute Gasteiger partial charge is 0.191 e. The van der Waals surface area contributed by atoms with E-state index in [0.29, 0.717) is 0 Å². The molecule has 0 unspecified atom stereocenters. The first-order valence-corrected chi connectivity index (χ1v) is 7.42. The van der Waals surface area contributed by atoms with E-state index in [9.17, 15) is 0 Å². The Morgan fingerprint density at radius 1 is 1.18 bits per heavy atom. The van der Waals surface area contributed by atoms with Crippen LogP contribution in [0.1, 0.15) is 12.5 Å². The largest absolute Gasteiger partial charge is 0.357 e. The summed E-state index contributed by atoms with van der Waals surface area (Å²) in [7, 11) is 0. The van der Waals surface area contributed by atoms with Crippen LogP contribution in [-0.4, -0.2) is 35.4 Å². The number of nitrogens with one attached hydrogen (secondary N) is 2. The van der Waals surface area contributed by atoms with Crippen LogP contribution in [0.4, 0.5) is 0 Å². The summed E-state index contributed by atoms with van der Waals surface area (Å²) < 4.78 is 1.90. The zero-order chi connectivity index (χ0) is 14.8. The van der Waals surface area contributed by atoms with Crippen molar-refractivity contribution < 1.29 is 0 Å². The molecular weight excluding hydrogens is 389 g/mol. The first-order valence-electron chi connectivity index (χ1n) is 7.42. The van der Waals surface area contributed by atoms with Crippen LogP contribution in [0.5, 0.6) is 0 Å². The van der Waals surface area contributed by atoms with Crippen LogP contribution in [0.25, 0.3) is 0 Å². The Labute approximate surface area is 149 Å². The van der Waals surface area contributed by atoms with Crippen LogP contribution in [0.15, 0.2) is 53.8 Å². The maximum Gasteiger partial charge on any atom is 0.191 e. The lowest BCUT2D eigenvalue weighted by Crippen LogP contribution is -2.39. The molecule has 0 amide bonds. The van der Waals surface area contributed by atoms with Crippen LogP contribution >= 0.6 is 24.0 Å². The van der Waals surface area contributed by atoms with Crippen molar-refractivity contribution in [3.8, 4) is 0 Å². The van der Waals surface area contributed by atoms with E-state index < -0.39 is 0 Å². The van der Waals surface area contributed by atoms with Crippen molar-refractivity contribution in [2.45, 2.75) is 19.9 Å². The van der Waals surface area contributed by atoms with Gasteiger partial charge in [-0.05, 0) is 25.0 Å². The molecule has 6 heteroatoms. The maximum atomic E-state index is 4.59. The molecule has 0 aliphatic rings. The van der Waals surface area contributed by atoms with E-state index in [1.54, 1.807) is 6.20 Å². The molecule has 120 valence electrons. The number of aromatic nitrogens is 2. The van der Waals surface area contributed by atoms with E-state index in [0.717, 1.165) is 38.6 Å². The minimum atomic E-state index is 0. The minimum Gasteiger partial charge on any atom is -0.357 e. The molecule has 0 aliphatic heterocycles. The number of benzene rings is 1. The second kappa shape index (κ2) is 11.1. The number of rotatable bonds is 7. The van der Waals surface area contributed by atoms with Gasteiger partial charge in [0.2, 0.25) is 0 Å². The summed E-state index contributed by atoms with van der Waals surface area (Å²) in [5.41, 5.74) is 1.31. The van der Waals surface area contributed by atoms with Gasteiger partial charge < -0.3 is 10.6 Å². The predicted molar refractivity (Wildman–Crippen MR) is 102 cm³/mol. The molecule has 5 nitrogen and oxygen atoms in total. The second-order valence-electron chi connectivity index (χ2n) is 4.69. The standard InChI is InChI=1S/C16H23N5.HI/c1-2-17-16(19-12-14-21-13-6-10-20-21)18-11-9-15-7-4-3-5-8-15;/h3-8,10,13H,2,9,11-12,14H2,1H3,(H2,17,18,19);1H. The number of nitrogens with zero attached hydrogens (tertiary/aromatic N) is 3. The molecule has 2 rings (SSSR count). The molecule has 0 spiro atoms. The topological polar surface area (TPSA) is 54.2 Å². The number of hydrogen-bond donors (Lipinski definition) is 2. The molecule has 0 aliphatic carbocycles. The fourth-order valence-electron chi connectivity index (χ4n) is 2.00. The Hall–Kier alpha value is -1.57. The quantitative estimate of drug-likeness (QED) is 0.416. The molecule has 0 radical (unpaired) electrons. The van der Waals surface area contributed by atoms with Crippen molar-refractivity contribution in [3.05, 3.63) is 54.4 Å². The predicted octanol–water partition coefficient (Wildman–Crippen LogP) is 2.30. The van der Waals surface area contributed by atoms with Crippen LogP contribution in [0.2, 0.25) is 0 Å². The third kappa shape index (κ3) is 6.93. The van der Waals surface area contributed by atoms with E-state index in [-0.39, 0.29) is 24.0 Å². The lowest BCUT2D eigenvalue weighted by molar-refractivity contribution is 0.598. The number of guanidine groups is 1. The monoisotopic (exact) mass is 413 g/mol. The summed E-state index contributed by atoms with van der Waals surface area (Å²) in [5.74, 6) is 0.862. The third-order valence-corrected chi connectivity index (χ3v) is 3.05. The number of hydrogen-bond acceptors (Lipinski definition) is 2. The first-order chi connectivity index (χ1) is 10.4. The van der Waals surface area contributed by atoms with Gasteiger partial charge in [-0.2, -0.15) is 5.10 Å². The van der Waals surface area contributed by atoms with Gasteiger partial charge in [-0.3, -0.25) is 9.67 Å². The minimum absolute atomic E-state index is 0. The number of halogens is 1. The van der Waals surface area contributed by atoms with Crippen molar-refractivity contribution in [1.82, 2.24) is 20.4 Å². The second-order valence-corrected chi connectivity index (χ2v) is 4.69. The van der Waals surface area contributed by atoms with Crippen LogP contribution in [0, 0.1) is 0 Å². The van der Waals surface area contributed by atoms with Gasteiger partial charge in [-0.1, -0.05) is 30.3 Å². The van der Waals surface area contributed by atoms with Crippen LogP contribution in [-0.2, 0) is 13.0 Å². The van der Waals surface area contributed by atoms with Gasteiger partial charge >= 0.3 is 0 Å². The van der Waals surface area contributed by atoms with Crippen molar-refractivity contribution in [1.29, 1.82) is 0 Å². The summed E-state index contributed by atoms with van der Waals surface area (Å²) in [4.78, 5) is 4.59. The average Bonchev–Trinajstić information content (AvgIpc) is 3.02. The Kier molecular flexibility index (Phi) is 9.29. The van der Waals surface area contributed by atoms with Gasteiger partial charge in [-0.15, -0.1) is 24.0 Å². The molecule has 2 N–H and O–H groups in total. The number of aliphatic imine (C=N–C) groups is 1. The van der Waals surface area contributed by atoms with E-state index in [1.165, 1.54) is 5.56 Å². The Morgan fingerprint density at radius 3 is 2.68 bits per heavy atom. The van der Waals surface area contributed by atoms with Crippen LogP contribution < -0.4 is 10.6 Å². The van der Waals surface area contributed by atoms with Gasteiger partial charge in [0.05, 0.1) is 6.54 Å². The fourth-order valence-corrected chi connectivity index (χ4v) is 2.00. The summed E-state index contributed by atoms with van der Waals surface area (Å²) >= 11 is 0. The first kappa shape index (κ1) is 18.5. The molecule has 1 heterocycles. The SMILES string of the molecule is CCNC(=NCCc1ccccc1)NCCn1cccn1.I. The van der Waals surface area contributed by atoms with E-state index in [2.05, 4.69) is 51.9 Å². The Bertz CT molecular complexity index is 525. The lowest BCUT2D eigenvalue weighted by atomic mass is 10.2. The van der Waals surface area contributed by atoms with Crippen molar-refractivity contribution in [3.63, 3.8) is 0 Å². The highest BCUT2D eigenvalue weighted by Crippen LogP contribution is 1.99. The van der Waals surface area contributed by atoms with Crippen molar-refractivity contribution in [2.75, 3.05) is 19.6 Å². The van der Waals surface area contributed by atoms with E-state index >= 15 is 0 Å². The summed E-state index contributed by atoms with van der Waals surface area (Å²) in [6, 6.07) is 12.4. The molecule has 1 aromatic carbocycles. The van der Waals surface area contributed by atoms with E-state index in [4.69, 9.17) is 0 Å². The van der Waals surface area contributed by atoms with Gasteiger partial charge in [0.15, 0.2) is 5.96 Å². The highest BCUT2D eigenvalue weighted by molar-refractivity contribution is 14.0. The van der Waals surface area contributed by atoms with Gasteiger partial charge in [-0.25, -0.2) is 0 Å². The summed E-state index contributed by atoms with van der Waals surface area (Å²) in [5, 5.41) is 10.8.